The summed E-state index contributed by atoms with van der Waals surface area (Å²) in [5, 5.41) is 0. The van der Waals surface area contributed by atoms with Gasteiger partial charge >= 0.3 is 104 Å². The predicted octanol–water partition coefficient (Wildman–Crippen LogP) is 4.44. The van der Waals surface area contributed by atoms with Crippen LogP contribution in [0.25, 0.3) is 0 Å². The quantitative estimate of drug-likeness (QED) is 0.520. The van der Waals surface area contributed by atoms with Gasteiger partial charge in [0.25, 0.3) is 0 Å². The molecule has 0 atom stereocenters. The summed E-state index contributed by atoms with van der Waals surface area (Å²) in [4.78, 5) is 0. The summed E-state index contributed by atoms with van der Waals surface area (Å²) in [7, 11) is 0. The standard InChI is InChI=1S/C14H19.Ru/c1-9(2)14(10(3)4)13-8-7-11(5)12(13)6;/h1,7H,8H2,2-6H3;. The number of allylic oxidation sites excluding steroid dienone is 7. The maximum atomic E-state index is 2.61. The molecule has 1 rings (SSSR count). The van der Waals surface area contributed by atoms with Gasteiger partial charge in [0.05, 0.1) is 0 Å². The van der Waals surface area contributed by atoms with Crippen LogP contribution >= 0.6 is 0 Å². The first-order valence-corrected chi connectivity index (χ1v) is 6.30. The van der Waals surface area contributed by atoms with Crippen LogP contribution in [0.15, 0.2) is 44.2 Å². The number of hydrogen-bond acceptors (Lipinski definition) is 0. The van der Waals surface area contributed by atoms with Gasteiger partial charge in [0, 0.05) is 0 Å². The van der Waals surface area contributed by atoms with Crippen LogP contribution in [0, 0.1) is 0 Å². The van der Waals surface area contributed by atoms with Gasteiger partial charge in [-0.2, -0.15) is 0 Å². The van der Waals surface area contributed by atoms with Crippen molar-refractivity contribution in [3.8, 4) is 0 Å². The molecule has 83 valence electrons. The van der Waals surface area contributed by atoms with Crippen LogP contribution in [0.4, 0.5) is 0 Å². The molecule has 1 heteroatoms. The van der Waals surface area contributed by atoms with Crippen LogP contribution in [0.1, 0.15) is 41.0 Å². The molecular formula is C14H19Ru. The molecule has 0 saturated carbocycles. The molecule has 0 aromatic rings. The number of hydrogen-bond donors (Lipinski definition) is 0. The second kappa shape index (κ2) is 5.08. The van der Waals surface area contributed by atoms with Crippen molar-refractivity contribution in [3.05, 3.63) is 44.2 Å². The Bertz CT molecular complexity index is 386. The van der Waals surface area contributed by atoms with E-state index in [0.29, 0.717) is 0 Å². The monoisotopic (exact) mass is 289 g/mol. The molecule has 0 saturated heterocycles. The van der Waals surface area contributed by atoms with E-state index in [-0.39, 0.29) is 0 Å². The fourth-order valence-electron chi connectivity index (χ4n) is 2.07. The van der Waals surface area contributed by atoms with Crippen molar-refractivity contribution < 1.29 is 18.3 Å². The van der Waals surface area contributed by atoms with Crippen molar-refractivity contribution in [3.63, 3.8) is 0 Å². The molecule has 0 aromatic heterocycles. The van der Waals surface area contributed by atoms with E-state index in [1.165, 1.54) is 33.4 Å². The van der Waals surface area contributed by atoms with Crippen molar-refractivity contribution >= 4 is 0 Å². The van der Waals surface area contributed by atoms with Crippen LogP contribution in [0.5, 0.6) is 0 Å². The first-order valence-electron chi connectivity index (χ1n) is 5.29. The average molecular weight is 288 g/mol. The zero-order valence-corrected chi connectivity index (χ0v) is 12.0. The van der Waals surface area contributed by atoms with E-state index >= 15 is 0 Å². The molecule has 0 radical (unpaired) electrons. The molecule has 0 aliphatic heterocycles. The zero-order valence-electron chi connectivity index (χ0n) is 10.2. The Morgan fingerprint density at radius 1 is 1.27 bits per heavy atom. The molecular weight excluding hydrogens is 269 g/mol. The summed E-state index contributed by atoms with van der Waals surface area (Å²) in [5.74, 6) is 0. The first kappa shape index (κ1) is 12.7. The molecule has 0 N–H and O–H groups in total. The molecule has 0 heterocycles. The Morgan fingerprint density at radius 3 is 2.20 bits per heavy atom. The molecule has 0 unspecified atom stereocenters. The minimum absolute atomic E-state index is 1.09. The van der Waals surface area contributed by atoms with Gasteiger partial charge in [0.2, 0.25) is 0 Å². The summed E-state index contributed by atoms with van der Waals surface area (Å²) in [6, 6.07) is 0. The van der Waals surface area contributed by atoms with E-state index in [0.717, 1.165) is 6.42 Å². The van der Waals surface area contributed by atoms with Gasteiger partial charge in [-0.1, -0.05) is 0 Å². The van der Waals surface area contributed by atoms with Crippen molar-refractivity contribution in [2.75, 3.05) is 0 Å². The average Bonchev–Trinajstić information content (AvgIpc) is 2.49. The summed E-state index contributed by atoms with van der Waals surface area (Å²) in [6.45, 7) is 11.0. The maximum absolute atomic E-state index is 2.61. The van der Waals surface area contributed by atoms with E-state index in [1.54, 1.807) is 0 Å². The minimum atomic E-state index is 1.09. The van der Waals surface area contributed by atoms with Crippen molar-refractivity contribution in [1.82, 2.24) is 0 Å². The Balaban J connectivity index is 3.23. The normalized spacial score (nSPS) is 16.9. The zero-order chi connectivity index (χ0) is 11.6. The Kier molecular flexibility index (Phi) is 4.28. The van der Waals surface area contributed by atoms with Crippen LogP contribution in [-0.4, -0.2) is 0 Å². The second-order valence-corrected chi connectivity index (χ2v) is 4.86. The molecule has 0 spiro atoms. The van der Waals surface area contributed by atoms with Gasteiger partial charge in [-0.25, -0.2) is 0 Å². The molecule has 0 aromatic carbocycles. The van der Waals surface area contributed by atoms with Gasteiger partial charge in [-0.05, 0) is 0 Å². The molecule has 1 aliphatic carbocycles. The van der Waals surface area contributed by atoms with Gasteiger partial charge in [-0.15, -0.1) is 0 Å². The van der Waals surface area contributed by atoms with Crippen LogP contribution in [-0.2, 0) is 18.3 Å². The Hall–Kier alpha value is -0.417. The van der Waals surface area contributed by atoms with Crippen molar-refractivity contribution in [2.24, 2.45) is 0 Å². The van der Waals surface area contributed by atoms with Crippen molar-refractivity contribution in [1.29, 1.82) is 0 Å². The third-order valence-corrected chi connectivity index (χ3v) is 3.76. The molecule has 0 bridgehead atoms. The van der Waals surface area contributed by atoms with E-state index in [2.05, 4.69) is 63.7 Å². The second-order valence-electron chi connectivity index (χ2n) is 4.35. The molecule has 0 fully saturated rings. The van der Waals surface area contributed by atoms with E-state index in [4.69, 9.17) is 0 Å². The van der Waals surface area contributed by atoms with Crippen LogP contribution < -0.4 is 0 Å². The fraction of sp³-hybridized carbons (Fsp3) is 0.429. The van der Waals surface area contributed by atoms with E-state index in [9.17, 15) is 0 Å². The third-order valence-electron chi connectivity index (χ3n) is 3.01. The molecule has 15 heavy (non-hydrogen) atoms. The topological polar surface area (TPSA) is 0 Å². The SMILES string of the molecule is CC1=CCC(C(C(C)=[CH][Ru])=C(C)C)=C1C. The van der Waals surface area contributed by atoms with Gasteiger partial charge in [0.1, 0.15) is 0 Å². The molecule has 0 nitrogen and oxygen atoms in total. The van der Waals surface area contributed by atoms with Gasteiger partial charge in [0.15, 0.2) is 0 Å². The fourth-order valence-corrected chi connectivity index (χ4v) is 2.32. The van der Waals surface area contributed by atoms with Crippen LogP contribution in [0.2, 0.25) is 0 Å². The summed E-state index contributed by atoms with van der Waals surface area (Å²) in [6.07, 6.45) is 3.42. The molecule has 0 amide bonds. The summed E-state index contributed by atoms with van der Waals surface area (Å²) in [5.41, 5.74) is 8.61. The Morgan fingerprint density at radius 2 is 1.87 bits per heavy atom. The van der Waals surface area contributed by atoms with E-state index in [1.807, 2.05) is 0 Å². The van der Waals surface area contributed by atoms with Crippen LogP contribution in [0.3, 0.4) is 0 Å². The first-order chi connectivity index (χ1) is 6.99. The third kappa shape index (κ3) is 2.58. The summed E-state index contributed by atoms with van der Waals surface area (Å²) < 4.78 is 2.13. The Labute approximate surface area is 104 Å². The number of rotatable bonds is 2. The predicted molar refractivity (Wildman–Crippen MR) is 63.2 cm³/mol. The van der Waals surface area contributed by atoms with E-state index < -0.39 is 0 Å². The van der Waals surface area contributed by atoms with Gasteiger partial charge < -0.3 is 0 Å². The molecule has 1 aliphatic rings. The van der Waals surface area contributed by atoms with Gasteiger partial charge in [-0.3, -0.25) is 0 Å². The summed E-state index contributed by atoms with van der Waals surface area (Å²) >= 11 is 2.61. The van der Waals surface area contributed by atoms with Crippen molar-refractivity contribution in [2.45, 2.75) is 41.0 Å².